The Balaban J connectivity index is 2.08. The first-order valence-electron chi connectivity index (χ1n) is 7.98. The van der Waals surface area contributed by atoms with E-state index in [2.05, 4.69) is 0 Å². The molecule has 0 saturated heterocycles. The van der Waals surface area contributed by atoms with Crippen molar-refractivity contribution in [2.45, 2.75) is 6.18 Å². The minimum absolute atomic E-state index is 0.194. The lowest BCUT2D eigenvalue weighted by Gasteiger charge is -2.10. The third-order valence-corrected chi connectivity index (χ3v) is 4.01. The van der Waals surface area contributed by atoms with Gasteiger partial charge in [-0.25, -0.2) is 0 Å². The largest absolute Gasteiger partial charge is 0.416 e. The minimum Gasteiger partial charge on any atom is -0.298 e. The molecule has 3 aromatic carbocycles. The quantitative estimate of drug-likeness (QED) is 0.314. The average molecular weight is 352 g/mol. The second kappa shape index (κ2) is 7.40. The number of hydrogen-bond donors (Lipinski definition) is 0. The smallest absolute Gasteiger partial charge is 0.298 e. The predicted molar refractivity (Wildman–Crippen MR) is 97.3 cm³/mol. The summed E-state index contributed by atoms with van der Waals surface area (Å²) in [6.07, 6.45) is -2.26. The normalized spacial score (nSPS) is 12.0. The van der Waals surface area contributed by atoms with Gasteiger partial charge in [-0.1, -0.05) is 66.7 Å². The highest BCUT2D eigenvalue weighted by molar-refractivity contribution is 6.14. The molecule has 0 amide bonds. The highest BCUT2D eigenvalue weighted by atomic mass is 19.4. The molecule has 0 unspecified atom stereocenters. The summed E-state index contributed by atoms with van der Waals surface area (Å²) in [5, 5.41) is 0. The predicted octanol–water partition coefficient (Wildman–Crippen LogP) is 6.11. The van der Waals surface area contributed by atoms with E-state index in [9.17, 15) is 18.0 Å². The SMILES string of the molecule is O=CC(=Cc1ccccc1-c1ccccc1)c1cccc(C(F)(F)F)c1. The van der Waals surface area contributed by atoms with Crippen LogP contribution in [0.2, 0.25) is 0 Å². The number of carbonyl (C=O) groups is 1. The summed E-state index contributed by atoms with van der Waals surface area (Å²) in [5.41, 5.74) is 2.28. The van der Waals surface area contributed by atoms with Crippen LogP contribution in [0.1, 0.15) is 16.7 Å². The van der Waals surface area contributed by atoms with Crippen LogP contribution in [-0.4, -0.2) is 6.29 Å². The van der Waals surface area contributed by atoms with Crippen LogP contribution in [0.15, 0.2) is 78.9 Å². The van der Waals surface area contributed by atoms with Gasteiger partial charge in [-0.3, -0.25) is 4.79 Å². The second-order valence-electron chi connectivity index (χ2n) is 5.75. The molecular formula is C22H15F3O. The molecule has 0 aromatic heterocycles. The zero-order chi connectivity index (χ0) is 18.6. The minimum atomic E-state index is -4.45. The topological polar surface area (TPSA) is 17.1 Å². The van der Waals surface area contributed by atoms with Gasteiger partial charge in [0.1, 0.15) is 0 Å². The molecule has 130 valence electrons. The van der Waals surface area contributed by atoms with Gasteiger partial charge in [0, 0.05) is 5.57 Å². The van der Waals surface area contributed by atoms with Crippen molar-refractivity contribution in [3.63, 3.8) is 0 Å². The first-order chi connectivity index (χ1) is 12.5. The van der Waals surface area contributed by atoms with E-state index in [1.807, 2.05) is 54.6 Å². The number of hydrogen-bond acceptors (Lipinski definition) is 1. The van der Waals surface area contributed by atoms with Crippen LogP contribution >= 0.6 is 0 Å². The maximum Gasteiger partial charge on any atom is 0.416 e. The van der Waals surface area contributed by atoms with Gasteiger partial charge in [0.15, 0.2) is 6.29 Å². The number of alkyl halides is 3. The van der Waals surface area contributed by atoms with Crippen LogP contribution in [-0.2, 0) is 11.0 Å². The highest BCUT2D eigenvalue weighted by Gasteiger charge is 2.30. The Morgan fingerprint density at radius 2 is 1.50 bits per heavy atom. The zero-order valence-corrected chi connectivity index (χ0v) is 13.7. The molecule has 1 nitrogen and oxygen atoms in total. The molecule has 3 rings (SSSR count). The Bertz CT molecular complexity index is 941. The summed E-state index contributed by atoms with van der Waals surface area (Å²) in [5.74, 6) is 0. The van der Waals surface area contributed by atoms with Crippen LogP contribution in [0.25, 0.3) is 22.8 Å². The fraction of sp³-hybridized carbons (Fsp3) is 0.0455. The Kier molecular flexibility index (Phi) is 5.03. The van der Waals surface area contributed by atoms with Crippen LogP contribution in [0.5, 0.6) is 0 Å². The molecule has 0 radical (unpaired) electrons. The van der Waals surface area contributed by atoms with Crippen LogP contribution in [0, 0.1) is 0 Å². The standard InChI is InChI=1S/C22H15F3O/c23-22(24,25)20-11-6-10-17(14-20)19(15-26)13-18-9-4-5-12-21(18)16-7-2-1-3-8-16/h1-15H. The van der Waals surface area contributed by atoms with E-state index >= 15 is 0 Å². The summed E-state index contributed by atoms with van der Waals surface area (Å²) in [7, 11) is 0. The third kappa shape index (κ3) is 3.91. The number of aldehydes is 1. The molecular weight excluding hydrogens is 337 g/mol. The van der Waals surface area contributed by atoms with Crippen LogP contribution < -0.4 is 0 Å². The molecule has 0 aliphatic carbocycles. The Morgan fingerprint density at radius 1 is 0.808 bits per heavy atom. The van der Waals surface area contributed by atoms with Gasteiger partial charge in [-0.2, -0.15) is 13.2 Å². The first-order valence-corrected chi connectivity index (χ1v) is 7.98. The van der Waals surface area contributed by atoms with Gasteiger partial charge in [0.05, 0.1) is 5.56 Å². The third-order valence-electron chi connectivity index (χ3n) is 4.01. The van der Waals surface area contributed by atoms with Gasteiger partial charge in [-0.05, 0) is 40.5 Å². The Morgan fingerprint density at radius 3 is 2.19 bits per heavy atom. The lowest BCUT2D eigenvalue weighted by atomic mass is 9.96. The van der Waals surface area contributed by atoms with E-state index in [1.54, 1.807) is 6.08 Å². The van der Waals surface area contributed by atoms with Gasteiger partial charge < -0.3 is 0 Å². The molecule has 3 aromatic rings. The van der Waals surface area contributed by atoms with E-state index < -0.39 is 11.7 Å². The van der Waals surface area contributed by atoms with E-state index in [0.717, 1.165) is 28.8 Å². The fourth-order valence-corrected chi connectivity index (χ4v) is 2.73. The monoisotopic (exact) mass is 352 g/mol. The summed E-state index contributed by atoms with van der Waals surface area (Å²) in [6, 6.07) is 21.8. The number of allylic oxidation sites excluding steroid dienone is 1. The van der Waals surface area contributed by atoms with Crippen molar-refractivity contribution in [3.05, 3.63) is 95.6 Å². The van der Waals surface area contributed by atoms with Crippen LogP contribution in [0.4, 0.5) is 13.2 Å². The lowest BCUT2D eigenvalue weighted by molar-refractivity contribution is -0.137. The maximum absolute atomic E-state index is 12.9. The summed E-state index contributed by atoms with van der Waals surface area (Å²) in [4.78, 5) is 11.6. The first kappa shape index (κ1) is 17.7. The molecule has 0 bridgehead atoms. The molecule has 4 heteroatoms. The molecule has 0 fully saturated rings. The molecule has 26 heavy (non-hydrogen) atoms. The van der Waals surface area contributed by atoms with Gasteiger partial charge >= 0.3 is 6.18 Å². The summed E-state index contributed by atoms with van der Waals surface area (Å²) < 4.78 is 38.8. The molecule has 0 aliphatic rings. The number of benzene rings is 3. The summed E-state index contributed by atoms with van der Waals surface area (Å²) in [6.45, 7) is 0. The second-order valence-corrected chi connectivity index (χ2v) is 5.75. The average Bonchev–Trinajstić information content (AvgIpc) is 2.66. The van der Waals surface area contributed by atoms with Crippen molar-refractivity contribution in [1.82, 2.24) is 0 Å². The molecule has 0 atom stereocenters. The van der Waals surface area contributed by atoms with E-state index in [1.165, 1.54) is 12.1 Å². The fourth-order valence-electron chi connectivity index (χ4n) is 2.73. The van der Waals surface area contributed by atoms with E-state index in [0.29, 0.717) is 6.29 Å². The molecule has 0 aliphatic heterocycles. The zero-order valence-electron chi connectivity index (χ0n) is 13.7. The van der Waals surface area contributed by atoms with Crippen molar-refractivity contribution < 1.29 is 18.0 Å². The number of rotatable bonds is 4. The molecule has 0 saturated carbocycles. The Hall–Kier alpha value is -3.14. The molecule has 0 heterocycles. The van der Waals surface area contributed by atoms with Crippen molar-refractivity contribution >= 4 is 17.9 Å². The van der Waals surface area contributed by atoms with Crippen molar-refractivity contribution in [3.8, 4) is 11.1 Å². The highest BCUT2D eigenvalue weighted by Crippen LogP contribution is 2.32. The number of halogens is 3. The lowest BCUT2D eigenvalue weighted by Crippen LogP contribution is -2.05. The summed E-state index contributed by atoms with van der Waals surface area (Å²) >= 11 is 0. The van der Waals surface area contributed by atoms with Gasteiger partial charge in [0.25, 0.3) is 0 Å². The molecule has 0 spiro atoms. The van der Waals surface area contributed by atoms with E-state index in [4.69, 9.17) is 0 Å². The van der Waals surface area contributed by atoms with Crippen molar-refractivity contribution in [1.29, 1.82) is 0 Å². The van der Waals surface area contributed by atoms with Gasteiger partial charge in [0.2, 0.25) is 0 Å². The molecule has 0 N–H and O–H groups in total. The number of carbonyl (C=O) groups excluding carboxylic acids is 1. The van der Waals surface area contributed by atoms with Crippen molar-refractivity contribution in [2.24, 2.45) is 0 Å². The van der Waals surface area contributed by atoms with Crippen LogP contribution in [0.3, 0.4) is 0 Å². The van der Waals surface area contributed by atoms with E-state index in [-0.39, 0.29) is 11.1 Å². The Labute approximate surface area is 149 Å². The maximum atomic E-state index is 12.9. The van der Waals surface area contributed by atoms with Gasteiger partial charge in [-0.15, -0.1) is 0 Å². The van der Waals surface area contributed by atoms with Crippen molar-refractivity contribution in [2.75, 3.05) is 0 Å².